The van der Waals surface area contributed by atoms with Crippen molar-refractivity contribution in [1.29, 1.82) is 0 Å². The maximum Gasteiger partial charge on any atom is 0.184 e. The van der Waals surface area contributed by atoms with Crippen molar-refractivity contribution in [1.82, 2.24) is 0 Å². The first-order valence-electron chi connectivity index (χ1n) is 6.17. The molecule has 90 valence electrons. The van der Waals surface area contributed by atoms with Crippen molar-refractivity contribution >= 4 is 21.7 Å². The van der Waals surface area contributed by atoms with Crippen molar-refractivity contribution in [3.8, 4) is 0 Å². The average molecular weight is 289 g/mol. The quantitative estimate of drug-likeness (QED) is 0.748. The van der Waals surface area contributed by atoms with Crippen LogP contribution in [-0.4, -0.2) is 29.1 Å². The van der Waals surface area contributed by atoms with Crippen LogP contribution in [0.15, 0.2) is 0 Å². The van der Waals surface area contributed by atoms with Gasteiger partial charge in [-0.05, 0) is 25.7 Å². The van der Waals surface area contributed by atoms with E-state index in [4.69, 9.17) is 9.47 Å². The second-order valence-electron chi connectivity index (χ2n) is 5.15. The van der Waals surface area contributed by atoms with Gasteiger partial charge in [-0.2, -0.15) is 0 Å². The minimum absolute atomic E-state index is 0.173. The topological polar surface area (TPSA) is 35.5 Å². The van der Waals surface area contributed by atoms with Crippen LogP contribution in [0, 0.1) is 11.8 Å². The Labute approximate surface area is 104 Å². The smallest absolute Gasteiger partial charge is 0.184 e. The molecule has 4 heteroatoms. The van der Waals surface area contributed by atoms with Gasteiger partial charge in [0.05, 0.1) is 4.83 Å². The third kappa shape index (κ3) is 1.36. The van der Waals surface area contributed by atoms with Gasteiger partial charge in [-0.25, -0.2) is 0 Å². The number of rotatable bonds is 3. The molecule has 2 aliphatic carbocycles. The number of ether oxygens (including phenoxy) is 2. The number of carbonyl (C=O) groups is 1. The lowest BCUT2D eigenvalue weighted by Crippen LogP contribution is -2.51. The predicted octanol–water partition coefficient (Wildman–Crippen LogP) is 2.27. The minimum Gasteiger partial charge on any atom is -0.349 e. The third-order valence-corrected chi connectivity index (χ3v) is 5.15. The summed E-state index contributed by atoms with van der Waals surface area (Å²) >= 11 is 3.68. The Morgan fingerprint density at radius 1 is 1.50 bits per heavy atom. The molecule has 16 heavy (non-hydrogen) atoms. The SMILES string of the molecule is CCCO[C@]12O[C@@H]3C[C@H]1C[C@H](C[C@H]2Br)C3=O. The van der Waals surface area contributed by atoms with E-state index < -0.39 is 5.79 Å². The fourth-order valence-corrected chi connectivity index (χ4v) is 4.47. The van der Waals surface area contributed by atoms with E-state index in [9.17, 15) is 4.79 Å². The summed E-state index contributed by atoms with van der Waals surface area (Å²) in [6, 6.07) is 0. The molecule has 0 amide bonds. The van der Waals surface area contributed by atoms with Crippen LogP contribution >= 0.6 is 15.9 Å². The Balaban J connectivity index is 1.90. The largest absolute Gasteiger partial charge is 0.349 e. The number of fused-ring (bicyclic) bond motifs is 2. The predicted molar refractivity (Wildman–Crippen MR) is 62.4 cm³/mol. The number of carbonyl (C=O) groups excluding carboxylic acids is 1. The molecule has 0 N–H and O–H groups in total. The summed E-state index contributed by atoms with van der Waals surface area (Å²) < 4.78 is 12.0. The molecule has 0 spiro atoms. The highest BCUT2D eigenvalue weighted by molar-refractivity contribution is 9.09. The van der Waals surface area contributed by atoms with Gasteiger partial charge in [-0.1, -0.05) is 22.9 Å². The van der Waals surface area contributed by atoms with E-state index in [1.54, 1.807) is 0 Å². The first-order valence-corrected chi connectivity index (χ1v) is 7.08. The Hall–Kier alpha value is 0.0700. The highest BCUT2D eigenvalue weighted by atomic mass is 79.9. The van der Waals surface area contributed by atoms with E-state index in [2.05, 4.69) is 22.9 Å². The Kier molecular flexibility index (Phi) is 2.64. The molecule has 5 atom stereocenters. The van der Waals surface area contributed by atoms with Crippen molar-refractivity contribution in [3.63, 3.8) is 0 Å². The number of hydrogen-bond donors (Lipinski definition) is 0. The van der Waals surface area contributed by atoms with Crippen LogP contribution in [0.3, 0.4) is 0 Å². The van der Waals surface area contributed by atoms with E-state index in [0.29, 0.717) is 18.3 Å². The van der Waals surface area contributed by atoms with Crippen molar-refractivity contribution in [2.24, 2.45) is 11.8 Å². The Bertz CT molecular complexity index is 317. The van der Waals surface area contributed by atoms with E-state index in [-0.39, 0.29) is 16.8 Å². The fraction of sp³-hybridized carbons (Fsp3) is 0.917. The molecule has 1 saturated heterocycles. The normalized spacial score (nSPS) is 50.0. The van der Waals surface area contributed by atoms with E-state index in [1.807, 2.05) is 0 Å². The van der Waals surface area contributed by atoms with Crippen LogP contribution in [0.25, 0.3) is 0 Å². The van der Waals surface area contributed by atoms with Crippen LogP contribution in [-0.2, 0) is 14.3 Å². The van der Waals surface area contributed by atoms with Crippen molar-refractivity contribution in [2.45, 2.75) is 49.3 Å². The molecule has 0 aromatic heterocycles. The van der Waals surface area contributed by atoms with Crippen LogP contribution in [0.1, 0.15) is 32.6 Å². The molecule has 0 aromatic rings. The molecule has 3 aliphatic rings. The average Bonchev–Trinajstić information content (AvgIpc) is 2.57. The molecular weight excluding hydrogens is 272 g/mol. The minimum atomic E-state index is -0.511. The molecule has 3 fully saturated rings. The maximum absolute atomic E-state index is 12.0. The van der Waals surface area contributed by atoms with Gasteiger partial charge >= 0.3 is 0 Å². The monoisotopic (exact) mass is 288 g/mol. The zero-order valence-electron chi connectivity index (χ0n) is 9.45. The van der Waals surface area contributed by atoms with Crippen molar-refractivity contribution < 1.29 is 14.3 Å². The number of hydrogen-bond acceptors (Lipinski definition) is 3. The second-order valence-corrected chi connectivity index (χ2v) is 6.25. The fourth-order valence-electron chi connectivity index (χ4n) is 3.41. The summed E-state index contributed by atoms with van der Waals surface area (Å²) in [7, 11) is 0. The number of ketones is 1. The summed E-state index contributed by atoms with van der Waals surface area (Å²) in [5.41, 5.74) is 0. The lowest BCUT2D eigenvalue weighted by Gasteiger charge is -2.43. The summed E-state index contributed by atoms with van der Waals surface area (Å²) in [6.07, 6.45) is 3.49. The highest BCUT2D eigenvalue weighted by Crippen LogP contribution is 2.55. The number of alkyl halides is 1. The second kappa shape index (κ2) is 3.79. The van der Waals surface area contributed by atoms with Gasteiger partial charge in [0.25, 0.3) is 0 Å². The molecule has 1 aliphatic heterocycles. The Morgan fingerprint density at radius 3 is 3.06 bits per heavy atom. The van der Waals surface area contributed by atoms with Gasteiger partial charge in [0.2, 0.25) is 0 Å². The standard InChI is InChI=1S/C12H17BrO3/c1-2-3-15-12-8-4-7(5-10(12)13)11(14)9(6-8)16-12/h7-10H,2-6H2,1H3/t7-,8-,9-,10-,12+/m1/s1. The van der Waals surface area contributed by atoms with E-state index in [1.165, 1.54) is 0 Å². The zero-order valence-corrected chi connectivity index (χ0v) is 11.0. The molecule has 0 aromatic carbocycles. The van der Waals surface area contributed by atoms with Gasteiger partial charge in [-0.3, -0.25) is 4.79 Å². The molecule has 3 nitrogen and oxygen atoms in total. The van der Waals surface area contributed by atoms with Crippen molar-refractivity contribution in [2.75, 3.05) is 6.61 Å². The lowest BCUT2D eigenvalue weighted by atomic mass is 9.70. The molecule has 3 bridgehead atoms. The van der Waals surface area contributed by atoms with E-state index in [0.717, 1.165) is 25.7 Å². The molecule has 2 saturated carbocycles. The zero-order chi connectivity index (χ0) is 11.3. The highest BCUT2D eigenvalue weighted by Gasteiger charge is 2.63. The number of Topliss-reactive ketones (excluding diaryl/α,β-unsaturated/α-hetero) is 1. The van der Waals surface area contributed by atoms with Gasteiger partial charge in [-0.15, -0.1) is 0 Å². The Morgan fingerprint density at radius 2 is 2.31 bits per heavy atom. The lowest BCUT2D eigenvalue weighted by molar-refractivity contribution is -0.241. The summed E-state index contributed by atoms with van der Waals surface area (Å²) in [6.45, 7) is 2.81. The van der Waals surface area contributed by atoms with Crippen LogP contribution in [0.2, 0.25) is 0 Å². The van der Waals surface area contributed by atoms with Crippen molar-refractivity contribution in [3.05, 3.63) is 0 Å². The maximum atomic E-state index is 12.0. The number of halogens is 1. The summed E-state index contributed by atoms with van der Waals surface area (Å²) in [5, 5.41) is 0. The van der Waals surface area contributed by atoms with Gasteiger partial charge in [0, 0.05) is 18.4 Å². The first kappa shape index (κ1) is 11.2. The molecule has 3 rings (SSSR count). The van der Waals surface area contributed by atoms with Crippen LogP contribution in [0.4, 0.5) is 0 Å². The summed E-state index contributed by atoms with van der Waals surface area (Å²) in [5.74, 6) is 0.405. The van der Waals surface area contributed by atoms with Gasteiger partial charge in [0.1, 0.15) is 6.10 Å². The van der Waals surface area contributed by atoms with Gasteiger partial charge in [0.15, 0.2) is 11.6 Å². The van der Waals surface area contributed by atoms with Crippen LogP contribution in [0.5, 0.6) is 0 Å². The van der Waals surface area contributed by atoms with E-state index >= 15 is 0 Å². The molecule has 0 unspecified atom stereocenters. The van der Waals surface area contributed by atoms with Crippen LogP contribution < -0.4 is 0 Å². The first-order chi connectivity index (χ1) is 7.67. The molecule has 1 heterocycles. The molecule has 0 radical (unpaired) electrons. The molecular formula is C12H17BrO3. The third-order valence-electron chi connectivity index (χ3n) is 4.14. The summed E-state index contributed by atoms with van der Waals surface area (Å²) in [4.78, 5) is 12.2. The van der Waals surface area contributed by atoms with Gasteiger partial charge < -0.3 is 9.47 Å².